The van der Waals surface area contributed by atoms with Gasteiger partial charge in [-0.1, -0.05) is 0 Å². The van der Waals surface area contributed by atoms with Gasteiger partial charge in [0.15, 0.2) is 5.82 Å². The molecule has 0 aromatic heterocycles. The Labute approximate surface area is 57.6 Å². The number of rotatable bonds is 1. The van der Waals surface area contributed by atoms with E-state index in [4.69, 9.17) is 0 Å². The van der Waals surface area contributed by atoms with Crippen LogP contribution in [-0.2, 0) is 0 Å². The van der Waals surface area contributed by atoms with Gasteiger partial charge in [-0.3, -0.25) is 10.1 Å². The molecule has 0 atom stereocenters. The van der Waals surface area contributed by atoms with Crippen molar-refractivity contribution < 1.29 is 4.92 Å². The summed E-state index contributed by atoms with van der Waals surface area (Å²) in [6.07, 6.45) is 0.858. The molecule has 10 heavy (non-hydrogen) atoms. The number of hydrogen-bond acceptors (Lipinski definition) is 4. The molecule has 0 unspecified atom stereocenters. The van der Waals surface area contributed by atoms with Crippen molar-refractivity contribution in [3.05, 3.63) is 22.1 Å². The summed E-state index contributed by atoms with van der Waals surface area (Å²) in [5.41, 5.74) is 0.869. The molecular formula is C5H7N3O2. The van der Waals surface area contributed by atoms with Gasteiger partial charge < -0.3 is 5.32 Å². The molecule has 0 radical (unpaired) electrons. The van der Waals surface area contributed by atoms with Crippen molar-refractivity contribution in [3.8, 4) is 0 Å². The summed E-state index contributed by atoms with van der Waals surface area (Å²) in [5, 5.41) is 12.6. The first-order chi connectivity index (χ1) is 4.68. The first-order valence-electron chi connectivity index (χ1n) is 2.82. The van der Waals surface area contributed by atoms with Crippen LogP contribution in [0, 0.1) is 10.1 Å². The zero-order valence-electron chi connectivity index (χ0n) is 5.50. The van der Waals surface area contributed by atoms with Crippen molar-refractivity contribution in [1.29, 1.82) is 0 Å². The molecule has 5 nitrogen and oxygen atoms in total. The molecule has 1 heterocycles. The maximum atomic E-state index is 9.88. The number of nitro groups is 1. The van der Waals surface area contributed by atoms with Gasteiger partial charge in [0.1, 0.15) is 0 Å². The van der Waals surface area contributed by atoms with Crippen molar-refractivity contribution in [2.24, 2.45) is 4.99 Å². The van der Waals surface area contributed by atoms with E-state index in [1.165, 1.54) is 0 Å². The highest BCUT2D eigenvalue weighted by Crippen LogP contribution is 1.99. The quantitative estimate of drug-likeness (QED) is 0.416. The molecule has 0 spiro atoms. The maximum absolute atomic E-state index is 9.88. The van der Waals surface area contributed by atoms with Gasteiger partial charge >= 0.3 is 0 Å². The molecule has 0 aromatic rings. The monoisotopic (exact) mass is 141 g/mol. The average Bonchev–Trinajstić information content (AvgIpc) is 2.13. The SMILES string of the molecule is CC1=NC(=C[N+](=O)[O-])NC1. The Bertz CT molecular complexity index is 219. The summed E-state index contributed by atoms with van der Waals surface area (Å²) in [7, 11) is 0. The lowest BCUT2D eigenvalue weighted by atomic mass is 10.4. The third-order valence-electron chi connectivity index (χ3n) is 1.06. The minimum Gasteiger partial charge on any atom is -0.360 e. The van der Waals surface area contributed by atoms with Gasteiger partial charge in [-0.15, -0.1) is 0 Å². The summed E-state index contributed by atoms with van der Waals surface area (Å²) in [6.45, 7) is 2.42. The van der Waals surface area contributed by atoms with E-state index >= 15 is 0 Å². The molecule has 0 aliphatic carbocycles. The van der Waals surface area contributed by atoms with Crippen LogP contribution in [0.5, 0.6) is 0 Å². The first-order valence-corrected chi connectivity index (χ1v) is 2.82. The topological polar surface area (TPSA) is 67.5 Å². The van der Waals surface area contributed by atoms with Crippen LogP contribution in [0.15, 0.2) is 17.0 Å². The van der Waals surface area contributed by atoms with E-state index in [-0.39, 0.29) is 0 Å². The molecule has 0 saturated carbocycles. The molecule has 1 aliphatic rings. The van der Waals surface area contributed by atoms with E-state index in [1.807, 2.05) is 6.92 Å². The van der Waals surface area contributed by atoms with Gasteiger partial charge in [-0.25, -0.2) is 4.99 Å². The lowest BCUT2D eigenvalue weighted by molar-refractivity contribution is -0.403. The van der Waals surface area contributed by atoms with E-state index < -0.39 is 4.92 Å². The standard InChI is InChI=1S/C5H7N3O2/c1-4-2-6-5(7-4)3-8(9)10/h3,6H,2H2,1H3. The highest BCUT2D eigenvalue weighted by atomic mass is 16.6. The molecule has 0 amide bonds. The Hall–Kier alpha value is -1.39. The molecule has 0 aromatic carbocycles. The summed E-state index contributed by atoms with van der Waals surface area (Å²) in [5.74, 6) is 0.336. The first kappa shape index (κ1) is 6.73. The van der Waals surface area contributed by atoms with Crippen LogP contribution in [0.4, 0.5) is 0 Å². The summed E-state index contributed by atoms with van der Waals surface area (Å²) >= 11 is 0. The van der Waals surface area contributed by atoms with Crippen LogP contribution in [0.3, 0.4) is 0 Å². The Morgan fingerprint density at radius 2 is 2.60 bits per heavy atom. The summed E-state index contributed by atoms with van der Waals surface area (Å²) in [6, 6.07) is 0. The molecule has 54 valence electrons. The Balaban J connectivity index is 2.68. The fraction of sp³-hybridized carbons (Fsp3) is 0.400. The van der Waals surface area contributed by atoms with E-state index in [9.17, 15) is 10.1 Å². The van der Waals surface area contributed by atoms with E-state index in [0.717, 1.165) is 11.9 Å². The second-order valence-electron chi connectivity index (χ2n) is 2.00. The van der Waals surface area contributed by atoms with Crippen molar-refractivity contribution in [1.82, 2.24) is 5.32 Å². The van der Waals surface area contributed by atoms with Gasteiger partial charge in [0.25, 0.3) is 6.20 Å². The molecule has 1 N–H and O–H groups in total. The fourth-order valence-corrected chi connectivity index (χ4v) is 0.678. The second kappa shape index (κ2) is 2.47. The normalized spacial score (nSPS) is 20.5. The van der Waals surface area contributed by atoms with E-state index in [1.54, 1.807) is 0 Å². The average molecular weight is 141 g/mol. The van der Waals surface area contributed by atoms with Crippen LogP contribution in [0.1, 0.15) is 6.92 Å². The van der Waals surface area contributed by atoms with Crippen LogP contribution in [-0.4, -0.2) is 17.2 Å². The third kappa shape index (κ3) is 1.54. The highest BCUT2D eigenvalue weighted by molar-refractivity contribution is 5.86. The summed E-state index contributed by atoms with van der Waals surface area (Å²) in [4.78, 5) is 13.2. The zero-order valence-corrected chi connectivity index (χ0v) is 5.50. The van der Waals surface area contributed by atoms with Gasteiger partial charge in [0, 0.05) is 5.71 Å². The second-order valence-corrected chi connectivity index (χ2v) is 2.00. The number of nitrogens with zero attached hydrogens (tertiary/aromatic N) is 2. The Kier molecular flexibility index (Phi) is 1.66. The maximum Gasteiger partial charge on any atom is 0.276 e. The van der Waals surface area contributed by atoms with Gasteiger partial charge in [0.05, 0.1) is 11.5 Å². The highest BCUT2D eigenvalue weighted by Gasteiger charge is 2.07. The smallest absolute Gasteiger partial charge is 0.276 e. The van der Waals surface area contributed by atoms with Gasteiger partial charge in [-0.05, 0) is 6.92 Å². The van der Waals surface area contributed by atoms with Crippen molar-refractivity contribution >= 4 is 5.71 Å². The minimum atomic E-state index is -0.523. The summed E-state index contributed by atoms with van der Waals surface area (Å²) < 4.78 is 0. The molecule has 5 heteroatoms. The van der Waals surface area contributed by atoms with E-state index in [0.29, 0.717) is 12.4 Å². The van der Waals surface area contributed by atoms with Gasteiger partial charge in [0.2, 0.25) is 0 Å². The molecule has 0 fully saturated rings. The number of nitrogens with one attached hydrogen (secondary N) is 1. The lowest BCUT2D eigenvalue weighted by Gasteiger charge is -1.87. The van der Waals surface area contributed by atoms with Crippen molar-refractivity contribution in [2.45, 2.75) is 6.92 Å². The lowest BCUT2D eigenvalue weighted by Crippen LogP contribution is -2.10. The van der Waals surface area contributed by atoms with Crippen LogP contribution in [0.2, 0.25) is 0 Å². The predicted molar refractivity (Wildman–Crippen MR) is 36.2 cm³/mol. The van der Waals surface area contributed by atoms with Crippen LogP contribution < -0.4 is 5.32 Å². The van der Waals surface area contributed by atoms with Crippen molar-refractivity contribution in [2.75, 3.05) is 6.54 Å². The van der Waals surface area contributed by atoms with Crippen LogP contribution in [0.25, 0.3) is 0 Å². The van der Waals surface area contributed by atoms with E-state index in [2.05, 4.69) is 10.3 Å². The van der Waals surface area contributed by atoms with Gasteiger partial charge in [-0.2, -0.15) is 0 Å². The molecule has 1 aliphatic heterocycles. The number of hydrogen-bond donors (Lipinski definition) is 1. The zero-order chi connectivity index (χ0) is 7.56. The molecule has 1 rings (SSSR count). The molecule has 0 saturated heterocycles. The van der Waals surface area contributed by atoms with Crippen molar-refractivity contribution in [3.63, 3.8) is 0 Å². The minimum absolute atomic E-state index is 0.336. The third-order valence-corrected chi connectivity index (χ3v) is 1.06. The Morgan fingerprint density at radius 1 is 1.90 bits per heavy atom. The molecule has 0 bridgehead atoms. The Morgan fingerprint density at radius 3 is 3.00 bits per heavy atom. The largest absolute Gasteiger partial charge is 0.360 e. The molecular weight excluding hydrogens is 134 g/mol. The predicted octanol–water partition coefficient (Wildman–Crippen LogP) is 0.126. The van der Waals surface area contributed by atoms with Crippen LogP contribution >= 0.6 is 0 Å². The fourth-order valence-electron chi connectivity index (χ4n) is 0.678. The number of aliphatic imine (C=N–C) groups is 1.